The molecule has 1 fully saturated rings. The Morgan fingerprint density at radius 1 is 1.21 bits per heavy atom. The van der Waals surface area contributed by atoms with Gasteiger partial charge in [0.25, 0.3) is 0 Å². The number of nitrogens with one attached hydrogen (secondary N) is 2. The van der Waals surface area contributed by atoms with Crippen LogP contribution < -0.4 is 10.6 Å². The molecule has 0 bridgehead atoms. The number of ether oxygens (including phenoxy) is 1. The third-order valence-electron chi connectivity index (χ3n) is 4.27. The zero-order valence-electron chi connectivity index (χ0n) is 15.6. The number of nitrogens with zero attached hydrogens (tertiary/aromatic N) is 1. The van der Waals surface area contributed by atoms with Crippen LogP contribution in [0.5, 0.6) is 0 Å². The maximum Gasteiger partial charge on any atom is 0.305 e. The number of thioether (sulfide) groups is 1. The van der Waals surface area contributed by atoms with E-state index in [1.54, 1.807) is 0 Å². The summed E-state index contributed by atoms with van der Waals surface area (Å²) in [6, 6.07) is 0.560. The molecule has 0 aliphatic heterocycles. The van der Waals surface area contributed by atoms with Gasteiger partial charge in [-0.1, -0.05) is 12.8 Å². The van der Waals surface area contributed by atoms with Crippen molar-refractivity contribution < 1.29 is 9.53 Å². The van der Waals surface area contributed by atoms with Crippen LogP contribution >= 0.6 is 11.8 Å². The molecule has 24 heavy (non-hydrogen) atoms. The predicted molar refractivity (Wildman–Crippen MR) is 104 cm³/mol. The summed E-state index contributed by atoms with van der Waals surface area (Å²) in [7, 11) is 0. The van der Waals surface area contributed by atoms with Gasteiger partial charge in [-0.05, 0) is 52.2 Å². The van der Waals surface area contributed by atoms with Crippen LogP contribution in [0.2, 0.25) is 0 Å². The lowest BCUT2D eigenvalue weighted by molar-refractivity contribution is -0.143. The minimum atomic E-state index is -0.0748. The van der Waals surface area contributed by atoms with Crippen molar-refractivity contribution in [1.82, 2.24) is 10.6 Å². The van der Waals surface area contributed by atoms with Crippen molar-refractivity contribution in [2.24, 2.45) is 4.99 Å². The van der Waals surface area contributed by atoms with Gasteiger partial charge in [-0.15, -0.1) is 0 Å². The average Bonchev–Trinajstić information content (AvgIpc) is 3.02. The molecule has 0 aromatic carbocycles. The molecule has 2 atom stereocenters. The van der Waals surface area contributed by atoms with E-state index in [0.717, 1.165) is 50.0 Å². The van der Waals surface area contributed by atoms with Crippen molar-refractivity contribution in [2.45, 2.75) is 76.5 Å². The molecule has 5 nitrogen and oxygen atoms in total. The minimum Gasteiger partial charge on any atom is -0.466 e. The Kier molecular flexibility index (Phi) is 11.8. The van der Waals surface area contributed by atoms with Crippen molar-refractivity contribution in [3.8, 4) is 0 Å². The summed E-state index contributed by atoms with van der Waals surface area (Å²) >= 11 is 1.98. The van der Waals surface area contributed by atoms with Crippen molar-refractivity contribution in [3.05, 3.63) is 0 Å². The van der Waals surface area contributed by atoms with Gasteiger partial charge in [0.05, 0.1) is 6.61 Å². The van der Waals surface area contributed by atoms with Crippen LogP contribution in [0.1, 0.15) is 65.2 Å². The maximum atomic E-state index is 11.2. The van der Waals surface area contributed by atoms with Crippen LogP contribution in [0.3, 0.4) is 0 Å². The Morgan fingerprint density at radius 3 is 2.67 bits per heavy atom. The first-order valence-electron chi connectivity index (χ1n) is 9.42. The van der Waals surface area contributed by atoms with E-state index in [1.165, 1.54) is 19.3 Å². The number of esters is 1. The van der Waals surface area contributed by atoms with Crippen LogP contribution in [0.25, 0.3) is 0 Å². The van der Waals surface area contributed by atoms with E-state index in [0.29, 0.717) is 19.1 Å². The zero-order chi connectivity index (χ0) is 17.6. The summed E-state index contributed by atoms with van der Waals surface area (Å²) < 4.78 is 4.93. The van der Waals surface area contributed by atoms with Gasteiger partial charge in [-0.3, -0.25) is 9.79 Å². The van der Waals surface area contributed by atoms with Crippen LogP contribution in [0, 0.1) is 0 Å². The number of guanidine groups is 1. The minimum absolute atomic E-state index is 0.0748. The maximum absolute atomic E-state index is 11.2. The molecular weight excluding hydrogens is 322 g/mol. The summed E-state index contributed by atoms with van der Waals surface area (Å²) in [6.07, 6.45) is 10.7. The van der Waals surface area contributed by atoms with Crippen molar-refractivity contribution >= 4 is 23.7 Å². The molecule has 2 unspecified atom stereocenters. The van der Waals surface area contributed by atoms with Crippen molar-refractivity contribution in [3.63, 3.8) is 0 Å². The monoisotopic (exact) mass is 357 g/mol. The Morgan fingerprint density at radius 2 is 2.00 bits per heavy atom. The number of hydrogen-bond acceptors (Lipinski definition) is 4. The van der Waals surface area contributed by atoms with Crippen LogP contribution in [-0.4, -0.2) is 49.2 Å². The number of rotatable bonds is 11. The van der Waals surface area contributed by atoms with Crippen molar-refractivity contribution in [2.75, 3.05) is 26.0 Å². The molecule has 1 aliphatic rings. The molecule has 0 saturated heterocycles. The van der Waals surface area contributed by atoms with Gasteiger partial charge in [0.2, 0.25) is 0 Å². The number of aliphatic imine (C=N–C) groups is 1. The summed E-state index contributed by atoms with van der Waals surface area (Å²) in [4.78, 5) is 15.9. The second-order valence-electron chi connectivity index (χ2n) is 6.24. The first-order chi connectivity index (χ1) is 11.7. The van der Waals surface area contributed by atoms with Crippen molar-refractivity contribution in [1.29, 1.82) is 0 Å². The molecule has 0 spiro atoms. The van der Waals surface area contributed by atoms with E-state index in [-0.39, 0.29) is 5.97 Å². The Labute approximate surface area is 151 Å². The number of carbonyl (C=O) groups excluding carboxylic acids is 1. The molecule has 1 saturated carbocycles. The quantitative estimate of drug-likeness (QED) is 0.257. The lowest BCUT2D eigenvalue weighted by Crippen LogP contribution is -2.42. The predicted octanol–water partition coefficient (Wildman–Crippen LogP) is 3.34. The lowest BCUT2D eigenvalue weighted by Gasteiger charge is -2.17. The summed E-state index contributed by atoms with van der Waals surface area (Å²) in [5, 5.41) is 7.72. The van der Waals surface area contributed by atoms with Gasteiger partial charge in [0.15, 0.2) is 5.96 Å². The molecule has 140 valence electrons. The van der Waals surface area contributed by atoms with Crippen LogP contribution in [-0.2, 0) is 9.53 Å². The van der Waals surface area contributed by atoms with Gasteiger partial charge >= 0.3 is 5.97 Å². The number of unbranched alkanes of at least 4 members (excludes halogenated alkanes) is 3. The summed E-state index contributed by atoms with van der Waals surface area (Å²) in [5.74, 6) is 0.880. The fourth-order valence-corrected chi connectivity index (χ4v) is 3.75. The molecule has 0 aromatic heterocycles. The van der Waals surface area contributed by atoms with E-state index in [1.807, 2.05) is 18.7 Å². The molecule has 0 radical (unpaired) electrons. The molecule has 1 aliphatic carbocycles. The van der Waals surface area contributed by atoms with E-state index in [9.17, 15) is 4.79 Å². The van der Waals surface area contributed by atoms with Crippen LogP contribution in [0.4, 0.5) is 0 Å². The highest BCUT2D eigenvalue weighted by Gasteiger charge is 2.24. The van der Waals surface area contributed by atoms with Gasteiger partial charge in [-0.25, -0.2) is 0 Å². The molecule has 0 aromatic rings. The first-order valence-corrected chi connectivity index (χ1v) is 10.7. The fraction of sp³-hybridized carbons (Fsp3) is 0.889. The Hall–Kier alpha value is -0.910. The van der Waals surface area contributed by atoms with Gasteiger partial charge in [0, 0.05) is 30.8 Å². The Bertz CT molecular complexity index is 377. The van der Waals surface area contributed by atoms with E-state index in [4.69, 9.17) is 4.74 Å². The normalized spacial score (nSPS) is 20.9. The van der Waals surface area contributed by atoms with Gasteiger partial charge in [-0.2, -0.15) is 11.8 Å². The third-order valence-corrected chi connectivity index (χ3v) is 5.36. The van der Waals surface area contributed by atoms with Gasteiger partial charge < -0.3 is 15.4 Å². The third kappa shape index (κ3) is 9.40. The second kappa shape index (κ2) is 13.4. The molecule has 0 heterocycles. The SMILES string of the molecule is CCNC(=NCCCCCCC(=O)OCC)NC1CCC(SC)C1. The molecule has 2 N–H and O–H groups in total. The topological polar surface area (TPSA) is 62.7 Å². The lowest BCUT2D eigenvalue weighted by atomic mass is 10.1. The van der Waals surface area contributed by atoms with E-state index < -0.39 is 0 Å². The van der Waals surface area contributed by atoms with Crippen LogP contribution in [0.15, 0.2) is 4.99 Å². The highest BCUT2D eigenvalue weighted by atomic mass is 32.2. The Balaban J connectivity index is 2.15. The first kappa shape index (κ1) is 21.1. The summed E-state index contributed by atoms with van der Waals surface area (Å²) in [5.41, 5.74) is 0. The molecular formula is C18H35N3O2S. The standard InChI is InChI=1S/C18H35N3O2S/c1-4-19-18(21-15-11-12-16(14-15)24-3)20-13-9-7-6-8-10-17(22)23-5-2/h15-16H,4-14H2,1-3H3,(H2,19,20,21). The summed E-state index contributed by atoms with van der Waals surface area (Å²) in [6.45, 7) is 6.16. The molecule has 1 rings (SSSR count). The fourth-order valence-electron chi connectivity index (χ4n) is 2.96. The van der Waals surface area contributed by atoms with Gasteiger partial charge in [0.1, 0.15) is 0 Å². The molecule has 6 heteroatoms. The van der Waals surface area contributed by atoms with E-state index >= 15 is 0 Å². The molecule has 0 amide bonds. The highest BCUT2D eigenvalue weighted by molar-refractivity contribution is 7.99. The largest absolute Gasteiger partial charge is 0.466 e. The number of carbonyl (C=O) groups is 1. The number of hydrogen-bond donors (Lipinski definition) is 2. The zero-order valence-corrected chi connectivity index (χ0v) is 16.4. The van der Waals surface area contributed by atoms with E-state index in [2.05, 4.69) is 28.8 Å². The highest BCUT2D eigenvalue weighted by Crippen LogP contribution is 2.27. The smallest absolute Gasteiger partial charge is 0.305 e. The second-order valence-corrected chi connectivity index (χ2v) is 7.38. The average molecular weight is 358 g/mol.